The van der Waals surface area contributed by atoms with Gasteiger partial charge in [0.25, 0.3) is 0 Å². The predicted molar refractivity (Wildman–Crippen MR) is 122 cm³/mol. The van der Waals surface area contributed by atoms with Gasteiger partial charge in [-0.3, -0.25) is 14.8 Å². The molecule has 1 aliphatic heterocycles. The molecule has 0 atom stereocenters. The lowest BCUT2D eigenvalue weighted by molar-refractivity contribution is -0.130. The second kappa shape index (κ2) is 8.12. The minimum atomic E-state index is -0.371. The number of aromatic nitrogens is 3. The number of H-pyrrole nitrogens is 2. The second-order valence-electron chi connectivity index (χ2n) is 8.21. The number of hydrogen-bond donors (Lipinski definition) is 2. The highest BCUT2D eigenvalue weighted by Crippen LogP contribution is 2.30. The van der Waals surface area contributed by atoms with Crippen molar-refractivity contribution in [1.29, 1.82) is 0 Å². The Hall–Kier alpha value is -3.65. The van der Waals surface area contributed by atoms with Crippen molar-refractivity contribution in [3.8, 4) is 11.4 Å². The van der Waals surface area contributed by atoms with Crippen LogP contribution in [0.15, 0.2) is 42.5 Å². The van der Waals surface area contributed by atoms with Crippen LogP contribution in [0.25, 0.3) is 33.2 Å². The number of carbonyl (C=O) groups is 2. The van der Waals surface area contributed by atoms with E-state index in [1.165, 1.54) is 12.7 Å². The van der Waals surface area contributed by atoms with E-state index in [0.717, 1.165) is 65.9 Å². The first-order valence-electron chi connectivity index (χ1n) is 10.7. The van der Waals surface area contributed by atoms with Gasteiger partial charge in [-0.05, 0) is 42.0 Å². The van der Waals surface area contributed by atoms with Crippen molar-refractivity contribution in [2.24, 2.45) is 0 Å². The molecule has 2 aromatic heterocycles. The highest BCUT2D eigenvalue weighted by atomic mass is 16.5. The molecule has 1 aliphatic rings. The Morgan fingerprint density at radius 1 is 1.03 bits per heavy atom. The maximum atomic E-state index is 11.8. The lowest BCUT2D eigenvalue weighted by atomic mass is 10.1. The van der Waals surface area contributed by atoms with Crippen molar-refractivity contribution in [1.82, 2.24) is 25.0 Å². The molecular weight excluding hydrogens is 406 g/mol. The first kappa shape index (κ1) is 20.3. The molecule has 32 heavy (non-hydrogen) atoms. The third kappa shape index (κ3) is 3.73. The van der Waals surface area contributed by atoms with Gasteiger partial charge in [0, 0.05) is 55.9 Å². The zero-order valence-corrected chi connectivity index (χ0v) is 18.1. The zero-order chi connectivity index (χ0) is 22.2. The molecule has 0 spiro atoms. The minimum absolute atomic E-state index is 0.151. The van der Waals surface area contributed by atoms with Crippen LogP contribution in [0.4, 0.5) is 0 Å². The molecule has 2 N–H and O–H groups in total. The number of carbonyl (C=O) groups excluding carboxylic acids is 2. The minimum Gasteiger partial charge on any atom is -0.465 e. The van der Waals surface area contributed by atoms with E-state index in [2.05, 4.69) is 44.3 Å². The Bertz CT molecular complexity index is 1310. The van der Waals surface area contributed by atoms with Crippen molar-refractivity contribution in [2.45, 2.75) is 13.5 Å². The highest BCUT2D eigenvalue weighted by Gasteiger charge is 2.19. The fraction of sp³-hybridized carbons (Fsp3) is 0.292. The van der Waals surface area contributed by atoms with E-state index in [-0.39, 0.29) is 11.9 Å². The number of amides is 1. The lowest BCUT2D eigenvalue weighted by Crippen LogP contribution is -2.47. The van der Waals surface area contributed by atoms with Crippen LogP contribution in [0.5, 0.6) is 0 Å². The van der Waals surface area contributed by atoms with Crippen molar-refractivity contribution < 1.29 is 14.3 Å². The van der Waals surface area contributed by atoms with Gasteiger partial charge in [-0.2, -0.15) is 5.10 Å². The average Bonchev–Trinajstić information content (AvgIpc) is 3.41. The van der Waals surface area contributed by atoms with Crippen LogP contribution in [0.3, 0.4) is 0 Å². The van der Waals surface area contributed by atoms with E-state index >= 15 is 0 Å². The normalized spacial score (nSPS) is 14.9. The van der Waals surface area contributed by atoms with Gasteiger partial charge in [0.15, 0.2) is 0 Å². The molecule has 0 bridgehead atoms. The molecule has 8 nitrogen and oxygen atoms in total. The Morgan fingerprint density at radius 3 is 2.59 bits per heavy atom. The third-order valence-corrected chi connectivity index (χ3v) is 6.15. The maximum absolute atomic E-state index is 11.8. The van der Waals surface area contributed by atoms with Crippen LogP contribution in [-0.2, 0) is 16.1 Å². The summed E-state index contributed by atoms with van der Waals surface area (Å²) in [6, 6.07) is 13.9. The number of nitrogens with zero attached hydrogens (tertiary/aromatic N) is 3. The number of piperazine rings is 1. The number of esters is 1. The average molecular weight is 431 g/mol. The Morgan fingerprint density at radius 2 is 1.84 bits per heavy atom. The summed E-state index contributed by atoms with van der Waals surface area (Å²) in [7, 11) is 1.37. The lowest BCUT2D eigenvalue weighted by Gasteiger charge is -2.34. The number of ether oxygens (including phenoxy) is 1. The van der Waals surface area contributed by atoms with Gasteiger partial charge < -0.3 is 14.6 Å². The van der Waals surface area contributed by atoms with Crippen LogP contribution < -0.4 is 0 Å². The molecule has 164 valence electrons. The van der Waals surface area contributed by atoms with E-state index < -0.39 is 0 Å². The molecule has 1 saturated heterocycles. The Kier molecular flexibility index (Phi) is 5.14. The summed E-state index contributed by atoms with van der Waals surface area (Å²) in [4.78, 5) is 31.1. The predicted octanol–water partition coefficient (Wildman–Crippen LogP) is 3.16. The molecule has 0 saturated carbocycles. The molecule has 0 unspecified atom stereocenters. The molecule has 0 aliphatic carbocycles. The van der Waals surface area contributed by atoms with E-state index in [1.54, 1.807) is 19.1 Å². The maximum Gasteiger partial charge on any atom is 0.337 e. The number of rotatable bonds is 4. The van der Waals surface area contributed by atoms with Crippen molar-refractivity contribution in [3.05, 3.63) is 53.6 Å². The molecule has 1 fully saturated rings. The van der Waals surface area contributed by atoms with Crippen LogP contribution >= 0.6 is 0 Å². The van der Waals surface area contributed by atoms with Gasteiger partial charge in [0.05, 0.1) is 23.9 Å². The van der Waals surface area contributed by atoms with E-state index in [0.29, 0.717) is 5.56 Å². The van der Waals surface area contributed by atoms with E-state index in [1.807, 2.05) is 11.0 Å². The standard InChI is InChI=1S/C24H25N5O3/c1-15(30)29-9-7-28(8-10-29)14-16-3-6-20-18(11-16)13-22(25-20)23-19-5-4-17(24(31)32-2)12-21(19)26-27-23/h3-6,11-13,25H,7-10,14H2,1-2H3,(H,26,27). The van der Waals surface area contributed by atoms with Gasteiger partial charge in [0.1, 0.15) is 5.69 Å². The summed E-state index contributed by atoms with van der Waals surface area (Å²) in [5.41, 5.74) is 5.30. The summed E-state index contributed by atoms with van der Waals surface area (Å²) in [6.45, 7) is 5.86. The first-order chi connectivity index (χ1) is 15.5. The Labute approximate surface area is 185 Å². The number of fused-ring (bicyclic) bond motifs is 2. The number of benzene rings is 2. The van der Waals surface area contributed by atoms with Crippen LogP contribution in [0.2, 0.25) is 0 Å². The molecule has 2 aromatic carbocycles. The smallest absolute Gasteiger partial charge is 0.337 e. The number of aromatic amines is 2. The molecule has 4 aromatic rings. The largest absolute Gasteiger partial charge is 0.465 e. The van der Waals surface area contributed by atoms with Crippen molar-refractivity contribution >= 4 is 33.7 Å². The van der Waals surface area contributed by atoms with Crippen LogP contribution in [0, 0.1) is 0 Å². The summed E-state index contributed by atoms with van der Waals surface area (Å²) in [5, 5.41) is 9.56. The number of nitrogens with one attached hydrogen (secondary N) is 2. The molecule has 5 rings (SSSR count). The van der Waals surface area contributed by atoms with E-state index in [9.17, 15) is 9.59 Å². The van der Waals surface area contributed by atoms with Crippen molar-refractivity contribution in [2.75, 3.05) is 33.3 Å². The fourth-order valence-electron chi connectivity index (χ4n) is 4.36. The zero-order valence-electron chi connectivity index (χ0n) is 18.1. The van der Waals surface area contributed by atoms with Crippen LogP contribution in [0.1, 0.15) is 22.8 Å². The number of methoxy groups -OCH3 is 1. The molecule has 8 heteroatoms. The first-order valence-corrected chi connectivity index (χ1v) is 10.7. The second-order valence-corrected chi connectivity index (χ2v) is 8.21. The molecule has 0 radical (unpaired) electrons. The quantitative estimate of drug-likeness (QED) is 0.484. The van der Waals surface area contributed by atoms with Crippen LogP contribution in [-0.4, -0.2) is 70.1 Å². The topological polar surface area (TPSA) is 94.3 Å². The monoisotopic (exact) mass is 431 g/mol. The summed E-state index contributed by atoms with van der Waals surface area (Å²) >= 11 is 0. The molecule has 3 heterocycles. The van der Waals surface area contributed by atoms with Gasteiger partial charge >= 0.3 is 5.97 Å². The van der Waals surface area contributed by atoms with Gasteiger partial charge in [-0.15, -0.1) is 0 Å². The molecular formula is C24H25N5O3. The SMILES string of the molecule is COC(=O)c1ccc2c(-c3cc4cc(CN5CCN(C(C)=O)CC5)ccc4[nH]3)n[nH]c2c1. The Balaban J connectivity index is 1.37. The summed E-state index contributed by atoms with van der Waals surface area (Å²) in [5.74, 6) is -0.220. The third-order valence-electron chi connectivity index (χ3n) is 6.15. The fourth-order valence-corrected chi connectivity index (χ4v) is 4.36. The summed E-state index contributed by atoms with van der Waals surface area (Å²) in [6.07, 6.45) is 0. The van der Waals surface area contributed by atoms with Gasteiger partial charge in [-0.25, -0.2) is 4.79 Å². The van der Waals surface area contributed by atoms with Gasteiger partial charge in [0.2, 0.25) is 5.91 Å². The van der Waals surface area contributed by atoms with Crippen molar-refractivity contribution in [3.63, 3.8) is 0 Å². The number of hydrogen-bond acceptors (Lipinski definition) is 5. The highest BCUT2D eigenvalue weighted by molar-refractivity contribution is 5.99. The molecule has 1 amide bonds. The van der Waals surface area contributed by atoms with Gasteiger partial charge in [-0.1, -0.05) is 6.07 Å². The van der Waals surface area contributed by atoms with E-state index in [4.69, 9.17) is 4.74 Å². The summed E-state index contributed by atoms with van der Waals surface area (Å²) < 4.78 is 4.80.